The maximum absolute atomic E-state index is 13.3. The second kappa shape index (κ2) is 18.7. The number of benzene rings is 2. The highest BCUT2D eigenvalue weighted by Gasteiger charge is 2.30. The number of carbonyl (C=O) groups is 2. The Morgan fingerprint density at radius 3 is 2.10 bits per heavy atom. The second-order valence-corrected chi connectivity index (χ2v) is 18.3. The van der Waals surface area contributed by atoms with Crippen molar-refractivity contribution in [1.82, 2.24) is 4.90 Å². The van der Waals surface area contributed by atoms with Crippen LogP contribution in [0.3, 0.4) is 0 Å². The minimum Gasteiger partial charge on any atom is -0.449 e. The van der Waals surface area contributed by atoms with Crippen LogP contribution < -0.4 is 9.64 Å². The molecule has 3 aliphatic rings. The molecule has 5 rings (SSSR count). The number of nitrogens with zero attached hydrogens (tertiary/aromatic N) is 3. The number of hydrogen-bond acceptors (Lipinski definition) is 11. The average Bonchev–Trinajstić information content (AvgIpc) is 3.56. The smallest absolute Gasteiger partial charge is 0.449 e. The average molecular weight is 742 g/mol. The highest BCUT2D eigenvalue weighted by molar-refractivity contribution is 8.01. The number of thioether (sulfide) groups is 2. The number of ether oxygens (including phenoxy) is 5. The number of aliphatic imine (C=N–C) groups is 1. The molecule has 0 bridgehead atoms. The first-order valence-electron chi connectivity index (χ1n) is 18.3. The van der Waals surface area contributed by atoms with Crippen molar-refractivity contribution in [2.45, 2.75) is 106 Å². The summed E-state index contributed by atoms with van der Waals surface area (Å²) in [7, 11) is 0. The van der Waals surface area contributed by atoms with Crippen LogP contribution in [0.1, 0.15) is 84.6 Å². The molecule has 0 aromatic heterocycles. The molecule has 0 N–H and O–H groups in total. The number of hydrogen-bond donors (Lipinski definition) is 0. The Hall–Kier alpha value is -2.93. The van der Waals surface area contributed by atoms with E-state index in [9.17, 15) is 9.59 Å². The molecule has 3 heterocycles. The summed E-state index contributed by atoms with van der Waals surface area (Å²) in [5.74, 6) is 0.984. The highest BCUT2D eigenvalue weighted by atomic mass is 32.2. The van der Waals surface area contributed by atoms with Crippen LogP contribution in [0.4, 0.5) is 21.0 Å². The first kappa shape index (κ1) is 39.3. The lowest BCUT2D eigenvalue weighted by Crippen LogP contribution is -2.41. The summed E-state index contributed by atoms with van der Waals surface area (Å²) < 4.78 is 28.6. The molecule has 51 heavy (non-hydrogen) atoms. The van der Waals surface area contributed by atoms with E-state index >= 15 is 0 Å². The van der Waals surface area contributed by atoms with Crippen molar-refractivity contribution in [2.24, 2.45) is 4.99 Å². The Morgan fingerprint density at radius 1 is 0.863 bits per heavy atom. The quantitative estimate of drug-likeness (QED) is 0.130. The zero-order chi connectivity index (χ0) is 36.3. The summed E-state index contributed by atoms with van der Waals surface area (Å²) in [6.07, 6.45) is 7.00. The SMILES string of the molecule is Cc1ccc(N(CC2=NCCN2C(=O)OCCC(C)(C)SC2CCCCO2)c2cccc(OC(=O)OCCC(C)(C)SC3CCCCO3)c2)cc1. The van der Waals surface area contributed by atoms with Gasteiger partial charge in [0.25, 0.3) is 0 Å². The molecule has 2 atom stereocenters. The predicted octanol–water partition coefficient (Wildman–Crippen LogP) is 9.36. The van der Waals surface area contributed by atoms with Gasteiger partial charge in [0.2, 0.25) is 0 Å². The Labute approximate surface area is 312 Å². The van der Waals surface area contributed by atoms with Gasteiger partial charge in [-0.25, -0.2) is 9.59 Å². The summed E-state index contributed by atoms with van der Waals surface area (Å²) >= 11 is 3.63. The highest BCUT2D eigenvalue weighted by Crippen LogP contribution is 2.38. The van der Waals surface area contributed by atoms with E-state index in [1.165, 1.54) is 12.8 Å². The fourth-order valence-electron chi connectivity index (χ4n) is 6.14. The van der Waals surface area contributed by atoms with Gasteiger partial charge in [-0.2, -0.15) is 0 Å². The number of anilines is 2. The van der Waals surface area contributed by atoms with Gasteiger partial charge in [-0.3, -0.25) is 9.89 Å². The Bertz CT molecular complexity index is 1460. The summed E-state index contributed by atoms with van der Waals surface area (Å²) in [4.78, 5) is 34.5. The molecule has 2 aromatic rings. The van der Waals surface area contributed by atoms with Gasteiger partial charge in [-0.15, -0.1) is 23.5 Å². The molecule has 2 saturated heterocycles. The van der Waals surface area contributed by atoms with Crippen LogP contribution in [0, 0.1) is 6.92 Å². The molecule has 0 saturated carbocycles. The molecule has 3 aliphatic heterocycles. The third-order valence-electron chi connectivity index (χ3n) is 9.16. The molecule has 10 nitrogen and oxygen atoms in total. The van der Waals surface area contributed by atoms with Crippen LogP contribution in [0.25, 0.3) is 0 Å². The Morgan fingerprint density at radius 2 is 1.49 bits per heavy atom. The normalized spacial score (nSPS) is 19.7. The van der Waals surface area contributed by atoms with Crippen molar-refractivity contribution >= 4 is 53.0 Å². The van der Waals surface area contributed by atoms with Gasteiger partial charge < -0.3 is 28.6 Å². The van der Waals surface area contributed by atoms with Crippen LogP contribution in [0.5, 0.6) is 5.75 Å². The zero-order valence-corrected chi connectivity index (χ0v) is 32.5. The van der Waals surface area contributed by atoms with E-state index in [4.69, 9.17) is 28.7 Å². The Balaban J connectivity index is 1.17. The van der Waals surface area contributed by atoms with Gasteiger partial charge in [-0.05, 0) is 82.6 Å². The van der Waals surface area contributed by atoms with Gasteiger partial charge >= 0.3 is 12.2 Å². The van der Waals surface area contributed by atoms with Crippen LogP contribution in [0.2, 0.25) is 0 Å². The minimum absolute atomic E-state index is 0.0778. The van der Waals surface area contributed by atoms with E-state index in [1.807, 2.05) is 55.1 Å². The fourth-order valence-corrected chi connectivity index (χ4v) is 8.87. The van der Waals surface area contributed by atoms with E-state index in [0.29, 0.717) is 44.2 Å². The lowest BCUT2D eigenvalue weighted by Gasteiger charge is -2.31. The van der Waals surface area contributed by atoms with Gasteiger partial charge in [0, 0.05) is 40.1 Å². The molecule has 280 valence electrons. The number of amides is 1. The number of amidine groups is 1. The van der Waals surface area contributed by atoms with E-state index in [1.54, 1.807) is 28.8 Å². The first-order chi connectivity index (χ1) is 24.5. The minimum atomic E-state index is -0.745. The number of rotatable bonds is 15. The summed E-state index contributed by atoms with van der Waals surface area (Å²) in [6.45, 7) is 14.2. The first-order valence-corrected chi connectivity index (χ1v) is 20.1. The van der Waals surface area contributed by atoms with Gasteiger partial charge in [0.1, 0.15) is 22.5 Å². The van der Waals surface area contributed by atoms with Crippen LogP contribution in [0.15, 0.2) is 53.5 Å². The monoisotopic (exact) mass is 741 g/mol. The van der Waals surface area contributed by atoms with Crippen molar-refractivity contribution in [3.8, 4) is 5.75 Å². The summed E-state index contributed by atoms with van der Waals surface area (Å²) in [6, 6.07) is 15.5. The number of aryl methyl sites for hydroxylation is 1. The molecule has 2 unspecified atom stereocenters. The largest absolute Gasteiger partial charge is 0.513 e. The topological polar surface area (TPSA) is 99.1 Å². The zero-order valence-electron chi connectivity index (χ0n) is 30.9. The van der Waals surface area contributed by atoms with Crippen LogP contribution in [-0.4, -0.2) is 89.4 Å². The lowest BCUT2D eigenvalue weighted by molar-refractivity contribution is 0.0712. The van der Waals surface area contributed by atoms with E-state index in [-0.39, 0.29) is 27.0 Å². The van der Waals surface area contributed by atoms with Crippen molar-refractivity contribution in [3.05, 3.63) is 54.1 Å². The van der Waals surface area contributed by atoms with Crippen LogP contribution >= 0.6 is 23.5 Å². The van der Waals surface area contributed by atoms with Crippen LogP contribution in [-0.2, 0) is 18.9 Å². The molecule has 12 heteroatoms. The number of carbonyl (C=O) groups excluding carboxylic acids is 2. The maximum Gasteiger partial charge on any atom is 0.513 e. The molecule has 0 spiro atoms. The van der Waals surface area contributed by atoms with Gasteiger partial charge in [-0.1, -0.05) is 51.5 Å². The molecule has 0 radical (unpaired) electrons. The third kappa shape index (κ3) is 12.6. The molecule has 1 amide bonds. The van der Waals surface area contributed by atoms with Crippen molar-refractivity contribution in [3.63, 3.8) is 0 Å². The third-order valence-corrected chi connectivity index (χ3v) is 12.1. The van der Waals surface area contributed by atoms with Crippen molar-refractivity contribution in [1.29, 1.82) is 0 Å². The summed E-state index contributed by atoms with van der Waals surface area (Å²) in [5.41, 5.74) is 3.21. The van der Waals surface area contributed by atoms with E-state index < -0.39 is 12.2 Å². The van der Waals surface area contributed by atoms with E-state index in [0.717, 1.165) is 62.3 Å². The fraction of sp³-hybridized carbons (Fsp3) is 0.615. The Kier molecular flexibility index (Phi) is 14.4. The van der Waals surface area contributed by atoms with Gasteiger partial charge in [0.15, 0.2) is 0 Å². The molecular formula is C39H55N3O7S2. The predicted molar refractivity (Wildman–Crippen MR) is 207 cm³/mol. The second-order valence-electron chi connectivity index (χ2n) is 14.5. The standard InChI is InChI=1S/C39H55N3O7S2/c1-29-15-17-30(18-16-29)42(28-33-40-21-22-41(33)36(43)47-25-19-38(2,3)50-34-13-6-8-23-45-34)31-11-10-12-32(27-31)49-37(44)48-26-20-39(4,5)51-35-14-7-9-24-46-35/h10-12,15-18,27,34-35H,6-9,13-14,19-26,28H2,1-5H3. The molecular weight excluding hydrogens is 687 g/mol. The lowest BCUT2D eigenvalue weighted by atomic mass is 10.1. The van der Waals surface area contributed by atoms with Crippen molar-refractivity contribution in [2.75, 3.05) is 51.0 Å². The van der Waals surface area contributed by atoms with Crippen molar-refractivity contribution < 1.29 is 33.3 Å². The van der Waals surface area contributed by atoms with Gasteiger partial charge in [0.05, 0.1) is 32.8 Å². The molecule has 0 aliphatic carbocycles. The summed E-state index contributed by atoms with van der Waals surface area (Å²) in [5, 5.41) is 0. The molecule has 2 fully saturated rings. The van der Waals surface area contributed by atoms with E-state index in [2.05, 4.69) is 32.6 Å². The molecule has 2 aromatic carbocycles. The maximum atomic E-state index is 13.3.